The van der Waals surface area contributed by atoms with Crippen LogP contribution in [0.25, 0.3) is 0 Å². The molecule has 0 bridgehead atoms. The van der Waals surface area contributed by atoms with Gasteiger partial charge >= 0.3 is 19.8 Å². The number of carbonyl (C=O) groups is 2. The van der Waals surface area contributed by atoms with Crippen molar-refractivity contribution >= 4 is 19.8 Å². The lowest BCUT2D eigenvalue weighted by atomic mass is 10.0. The van der Waals surface area contributed by atoms with Gasteiger partial charge in [-0.15, -0.1) is 0 Å². The van der Waals surface area contributed by atoms with E-state index in [9.17, 15) is 19.0 Å². The van der Waals surface area contributed by atoms with Crippen LogP contribution in [0.1, 0.15) is 219 Å². The van der Waals surface area contributed by atoms with Crippen LogP contribution in [0.15, 0.2) is 36.5 Å². The Balaban J connectivity index is 2.15. The summed E-state index contributed by atoms with van der Waals surface area (Å²) in [5.74, 6) is -0.894. The maximum atomic E-state index is 12.6. The zero-order valence-electron chi connectivity index (χ0n) is 38.4. The molecule has 10 nitrogen and oxygen atoms in total. The van der Waals surface area contributed by atoms with Gasteiger partial charge in [-0.1, -0.05) is 192 Å². The van der Waals surface area contributed by atoms with Gasteiger partial charge in [-0.25, -0.2) is 4.57 Å². The van der Waals surface area contributed by atoms with E-state index in [1.54, 1.807) is 0 Å². The molecule has 1 rings (SSSR count). The summed E-state index contributed by atoms with van der Waals surface area (Å²) in [6.45, 7) is 3.66. The molecule has 1 fully saturated rings. The monoisotopic (exact) mass is 868 g/mol. The number of allylic oxidation sites excluding steroid dienone is 4. The number of nitrogens with two attached hydrogens (primary N) is 1. The van der Waals surface area contributed by atoms with Crippen LogP contribution in [0, 0.1) is 0 Å². The maximum absolute atomic E-state index is 12.6. The Labute approximate surface area is 367 Å². The maximum Gasteiger partial charge on any atom is 0.472 e. The molecule has 0 saturated carbocycles. The molecule has 0 aromatic heterocycles. The molecule has 0 aromatic carbocycles. The first-order chi connectivity index (χ1) is 29.3. The molecule has 11 heteroatoms. The molecule has 0 amide bonds. The van der Waals surface area contributed by atoms with Crippen LogP contribution in [0.4, 0.5) is 0 Å². The van der Waals surface area contributed by atoms with Crippen molar-refractivity contribution in [1.82, 2.24) is 0 Å². The van der Waals surface area contributed by atoms with E-state index in [1.165, 1.54) is 135 Å². The smallest absolute Gasteiger partial charge is 0.462 e. The van der Waals surface area contributed by atoms with Crippen LogP contribution in [0.2, 0.25) is 0 Å². The third-order valence-electron chi connectivity index (χ3n) is 10.9. The normalized spacial score (nSPS) is 16.9. The quantitative estimate of drug-likeness (QED) is 0.0199. The Morgan fingerprint density at radius 1 is 0.583 bits per heavy atom. The first-order valence-electron chi connectivity index (χ1n) is 24.6. The van der Waals surface area contributed by atoms with Gasteiger partial charge in [0.25, 0.3) is 0 Å². The standard InChI is InChI=1S/C49H90NO9P/c1-3-5-7-9-11-13-14-15-16-17-18-19-20-21-22-23-24-26-28-30-36-40-49(52)58-45(44-57-60(53,54)56-42-41-50)43-55-48(51)39-35-32-31-34-38-47-46(59-47)37-33-29-27-25-12-10-8-6-4-2/h12,25,29,31,33-34,45-47H,3-11,13-24,26-28,30,32,35-44,50H2,1-2H3,(H,53,54)/b25-12-,33-29-,34-31-/t45-,46?,47?/m1/s1. The van der Waals surface area contributed by atoms with Crippen LogP contribution in [-0.4, -0.2) is 61.5 Å². The van der Waals surface area contributed by atoms with Crippen molar-refractivity contribution in [3.05, 3.63) is 36.5 Å². The van der Waals surface area contributed by atoms with Gasteiger partial charge in [0, 0.05) is 19.4 Å². The van der Waals surface area contributed by atoms with Gasteiger partial charge in [0.15, 0.2) is 6.10 Å². The van der Waals surface area contributed by atoms with Crippen molar-refractivity contribution < 1.29 is 42.3 Å². The Morgan fingerprint density at radius 2 is 1.03 bits per heavy atom. The molecule has 3 N–H and O–H groups in total. The zero-order chi connectivity index (χ0) is 43.6. The lowest BCUT2D eigenvalue weighted by Crippen LogP contribution is -2.29. The second-order valence-corrected chi connectivity index (χ2v) is 18.2. The molecule has 60 heavy (non-hydrogen) atoms. The number of hydrogen-bond donors (Lipinski definition) is 2. The second-order valence-electron chi connectivity index (χ2n) is 16.7. The van der Waals surface area contributed by atoms with Gasteiger partial charge in [-0.05, 0) is 51.4 Å². The fourth-order valence-corrected chi connectivity index (χ4v) is 7.91. The Bertz CT molecular complexity index is 1150. The van der Waals surface area contributed by atoms with Gasteiger partial charge in [0.2, 0.25) is 0 Å². The molecule has 0 radical (unpaired) electrons. The van der Waals surface area contributed by atoms with Crippen LogP contribution < -0.4 is 5.73 Å². The highest BCUT2D eigenvalue weighted by atomic mass is 31.2. The number of epoxide rings is 1. The molecule has 1 aliphatic heterocycles. The van der Waals surface area contributed by atoms with E-state index in [0.717, 1.165) is 44.9 Å². The first kappa shape index (κ1) is 56.2. The van der Waals surface area contributed by atoms with Crippen LogP contribution in [-0.2, 0) is 37.4 Å². The molecule has 3 unspecified atom stereocenters. The van der Waals surface area contributed by atoms with Crippen molar-refractivity contribution in [1.29, 1.82) is 0 Å². The fourth-order valence-electron chi connectivity index (χ4n) is 7.14. The highest BCUT2D eigenvalue weighted by Crippen LogP contribution is 2.43. The average molecular weight is 868 g/mol. The summed E-state index contributed by atoms with van der Waals surface area (Å²) in [5.41, 5.74) is 5.36. The van der Waals surface area contributed by atoms with E-state index in [0.29, 0.717) is 12.8 Å². The lowest BCUT2D eigenvalue weighted by Gasteiger charge is -2.19. The van der Waals surface area contributed by atoms with Crippen LogP contribution in [0.5, 0.6) is 0 Å². The van der Waals surface area contributed by atoms with E-state index >= 15 is 0 Å². The predicted octanol–water partition coefficient (Wildman–Crippen LogP) is 13.5. The van der Waals surface area contributed by atoms with Gasteiger partial charge in [0.1, 0.15) is 6.61 Å². The summed E-state index contributed by atoms with van der Waals surface area (Å²) in [6, 6.07) is 0. The number of hydrogen-bond acceptors (Lipinski definition) is 9. The number of phosphoric acid groups is 1. The molecule has 0 aliphatic carbocycles. The third-order valence-corrected chi connectivity index (χ3v) is 11.9. The van der Waals surface area contributed by atoms with E-state index in [4.69, 9.17) is 29.0 Å². The number of carbonyl (C=O) groups excluding carboxylic acids is 2. The molecule has 1 saturated heterocycles. The second kappa shape index (κ2) is 41.2. The molecule has 350 valence electrons. The topological polar surface area (TPSA) is 147 Å². The van der Waals surface area contributed by atoms with Crippen LogP contribution in [0.3, 0.4) is 0 Å². The van der Waals surface area contributed by atoms with E-state index < -0.39 is 32.5 Å². The molecular weight excluding hydrogens is 778 g/mol. The van der Waals surface area contributed by atoms with Gasteiger partial charge in [0.05, 0.1) is 25.4 Å². The predicted molar refractivity (Wildman–Crippen MR) is 247 cm³/mol. The van der Waals surface area contributed by atoms with Gasteiger partial charge in [-0.3, -0.25) is 18.6 Å². The summed E-state index contributed by atoms with van der Waals surface area (Å²) in [4.78, 5) is 35.0. The fraction of sp³-hybridized carbons (Fsp3) is 0.837. The Morgan fingerprint density at radius 3 is 1.58 bits per heavy atom. The summed E-state index contributed by atoms with van der Waals surface area (Å²) in [5, 5.41) is 0. The molecule has 0 aromatic rings. The van der Waals surface area contributed by atoms with E-state index in [-0.39, 0.29) is 44.8 Å². The highest BCUT2D eigenvalue weighted by molar-refractivity contribution is 7.47. The van der Waals surface area contributed by atoms with Crippen molar-refractivity contribution in [2.45, 2.75) is 238 Å². The number of esters is 2. The number of rotatable bonds is 45. The third kappa shape index (κ3) is 37.9. The largest absolute Gasteiger partial charge is 0.472 e. The van der Waals surface area contributed by atoms with Crippen molar-refractivity contribution in [3.63, 3.8) is 0 Å². The zero-order valence-corrected chi connectivity index (χ0v) is 39.3. The van der Waals surface area contributed by atoms with Crippen molar-refractivity contribution in [2.75, 3.05) is 26.4 Å². The number of phosphoric ester groups is 1. The van der Waals surface area contributed by atoms with Crippen molar-refractivity contribution in [3.8, 4) is 0 Å². The summed E-state index contributed by atoms with van der Waals surface area (Å²) in [7, 11) is -4.40. The minimum absolute atomic E-state index is 0.0443. The number of unbranched alkanes of at least 4 members (excludes halogenated alkanes) is 24. The van der Waals surface area contributed by atoms with Gasteiger partial charge < -0.3 is 24.8 Å². The average Bonchev–Trinajstić information content (AvgIpc) is 3.99. The summed E-state index contributed by atoms with van der Waals surface area (Å²) >= 11 is 0. The minimum Gasteiger partial charge on any atom is -0.462 e. The molecule has 0 spiro atoms. The summed E-state index contributed by atoms with van der Waals surface area (Å²) in [6.07, 6.45) is 49.3. The number of ether oxygens (including phenoxy) is 3. The lowest BCUT2D eigenvalue weighted by molar-refractivity contribution is -0.161. The Kier molecular flexibility index (Phi) is 38.6. The van der Waals surface area contributed by atoms with Gasteiger partial charge in [-0.2, -0.15) is 0 Å². The first-order valence-corrected chi connectivity index (χ1v) is 26.1. The Hall–Kier alpha value is -1.81. The SMILES string of the molecule is CCCCC/C=C\C/C=C\CC1OC1C/C=C\CCCC(=O)OC[C@H](COP(=O)(O)OCCN)OC(=O)CCCCCCCCCCCCCCCCCCCCCCC. The van der Waals surface area contributed by atoms with Crippen LogP contribution >= 0.6 is 7.82 Å². The van der Waals surface area contributed by atoms with Crippen molar-refractivity contribution in [2.24, 2.45) is 5.73 Å². The molecule has 1 aliphatic rings. The highest BCUT2D eigenvalue weighted by Gasteiger charge is 2.36. The minimum atomic E-state index is -4.40. The molecular formula is C49H90NO9P. The van der Waals surface area contributed by atoms with E-state index in [1.807, 2.05) is 0 Å². The molecule has 4 atom stereocenters. The summed E-state index contributed by atoms with van der Waals surface area (Å²) < 4.78 is 38.6. The van der Waals surface area contributed by atoms with E-state index in [2.05, 4.69) is 50.3 Å². The molecule has 1 heterocycles.